The average Bonchev–Trinajstić information content (AvgIpc) is 2.39. The molecule has 0 spiro atoms. The molecule has 18 heavy (non-hydrogen) atoms. The second-order valence-corrected chi connectivity index (χ2v) is 3.42. The number of hydrogen-bond donors (Lipinski definition) is 2. The summed E-state index contributed by atoms with van der Waals surface area (Å²) in [5.74, 6) is -1.40. The summed E-state index contributed by atoms with van der Waals surface area (Å²) in [5, 5.41) is 19.1. The van der Waals surface area contributed by atoms with Gasteiger partial charge in [-0.05, 0) is 24.3 Å². The van der Waals surface area contributed by atoms with Gasteiger partial charge in [0.15, 0.2) is 0 Å². The largest absolute Gasteiger partial charge is 0.475 e. The SMILES string of the molecule is O=C(O)C1=CC=C(c2ccc([N+](=O)[O-])cc2)NO1. The molecule has 1 heterocycles. The molecular formula is C11H8N2O5. The van der Waals surface area contributed by atoms with Crippen molar-refractivity contribution in [1.82, 2.24) is 5.48 Å². The summed E-state index contributed by atoms with van der Waals surface area (Å²) in [6.07, 6.45) is 2.82. The predicted octanol–water partition coefficient (Wildman–Crippen LogP) is 1.44. The molecule has 0 saturated carbocycles. The van der Waals surface area contributed by atoms with Crippen LogP contribution in [0.15, 0.2) is 42.2 Å². The smallest absolute Gasteiger partial charge is 0.374 e. The van der Waals surface area contributed by atoms with Crippen LogP contribution in [0, 0.1) is 10.1 Å². The zero-order valence-electron chi connectivity index (χ0n) is 8.99. The van der Waals surface area contributed by atoms with Gasteiger partial charge in [-0.1, -0.05) is 0 Å². The van der Waals surface area contributed by atoms with Crippen molar-refractivity contribution in [2.24, 2.45) is 0 Å². The van der Waals surface area contributed by atoms with Crippen LogP contribution in [0.3, 0.4) is 0 Å². The lowest BCUT2D eigenvalue weighted by Crippen LogP contribution is -2.20. The minimum atomic E-state index is -1.18. The standard InChI is InChI=1S/C11H8N2O5/c14-11(15)10-6-5-9(12-18-10)7-1-3-8(4-2-7)13(16)17/h1-6,12H,(H,14,15). The maximum absolute atomic E-state index is 10.6. The number of carboxylic acid groups (broad SMARTS) is 1. The van der Waals surface area contributed by atoms with Crippen LogP contribution in [-0.4, -0.2) is 16.0 Å². The Kier molecular flexibility index (Phi) is 2.96. The zero-order chi connectivity index (χ0) is 13.1. The summed E-state index contributed by atoms with van der Waals surface area (Å²) in [5.41, 5.74) is 3.62. The van der Waals surface area contributed by atoms with E-state index in [-0.39, 0.29) is 11.4 Å². The van der Waals surface area contributed by atoms with Crippen LogP contribution in [0.5, 0.6) is 0 Å². The van der Waals surface area contributed by atoms with Gasteiger partial charge >= 0.3 is 5.97 Å². The molecule has 1 aromatic rings. The van der Waals surface area contributed by atoms with Crippen molar-refractivity contribution in [2.45, 2.75) is 0 Å². The Morgan fingerprint density at radius 1 is 1.28 bits per heavy atom. The molecule has 0 unspecified atom stereocenters. The molecule has 7 heteroatoms. The molecule has 1 aromatic carbocycles. The first-order valence-electron chi connectivity index (χ1n) is 4.91. The van der Waals surface area contributed by atoms with E-state index in [2.05, 4.69) is 5.48 Å². The number of nitro benzene ring substituents is 1. The maximum atomic E-state index is 10.6. The molecule has 1 aliphatic rings. The van der Waals surface area contributed by atoms with Crippen LogP contribution in [0.1, 0.15) is 5.56 Å². The Labute approximate surface area is 101 Å². The quantitative estimate of drug-likeness (QED) is 0.619. The lowest BCUT2D eigenvalue weighted by Gasteiger charge is -2.15. The molecule has 0 amide bonds. The van der Waals surface area contributed by atoms with E-state index in [0.717, 1.165) is 0 Å². The summed E-state index contributed by atoms with van der Waals surface area (Å²) >= 11 is 0. The lowest BCUT2D eigenvalue weighted by atomic mass is 10.1. The molecule has 7 nitrogen and oxygen atoms in total. The lowest BCUT2D eigenvalue weighted by molar-refractivity contribution is -0.384. The molecule has 0 bridgehead atoms. The van der Waals surface area contributed by atoms with E-state index in [1.54, 1.807) is 12.1 Å². The highest BCUT2D eigenvalue weighted by atomic mass is 16.7. The van der Waals surface area contributed by atoms with Crippen molar-refractivity contribution in [1.29, 1.82) is 0 Å². The van der Waals surface area contributed by atoms with Crippen LogP contribution in [-0.2, 0) is 9.63 Å². The van der Waals surface area contributed by atoms with Gasteiger partial charge in [-0.15, -0.1) is 0 Å². The van der Waals surface area contributed by atoms with Gasteiger partial charge in [-0.3, -0.25) is 10.1 Å². The van der Waals surface area contributed by atoms with Gasteiger partial charge < -0.3 is 9.94 Å². The van der Waals surface area contributed by atoms with Crippen molar-refractivity contribution in [3.05, 3.63) is 57.9 Å². The van der Waals surface area contributed by atoms with Crippen LogP contribution >= 0.6 is 0 Å². The Bertz CT molecular complexity index is 559. The summed E-state index contributed by atoms with van der Waals surface area (Å²) in [4.78, 5) is 25.4. The van der Waals surface area contributed by atoms with Crippen molar-refractivity contribution >= 4 is 17.4 Å². The number of hydrogen-bond acceptors (Lipinski definition) is 5. The van der Waals surface area contributed by atoms with Gasteiger partial charge in [-0.25, -0.2) is 10.3 Å². The molecule has 0 radical (unpaired) electrons. The summed E-state index contributed by atoms with van der Waals surface area (Å²) in [6, 6.07) is 5.79. The first-order chi connectivity index (χ1) is 8.58. The highest BCUT2D eigenvalue weighted by Crippen LogP contribution is 2.19. The number of carbonyl (C=O) groups is 1. The van der Waals surface area contributed by atoms with Crippen LogP contribution in [0.25, 0.3) is 5.70 Å². The number of nitrogens with one attached hydrogen (secondary N) is 1. The fourth-order valence-corrected chi connectivity index (χ4v) is 1.37. The summed E-state index contributed by atoms with van der Waals surface area (Å²) in [7, 11) is 0. The number of allylic oxidation sites excluding steroid dienone is 2. The average molecular weight is 248 g/mol. The number of rotatable bonds is 3. The van der Waals surface area contributed by atoms with Gasteiger partial charge in [0.1, 0.15) is 0 Å². The zero-order valence-corrected chi connectivity index (χ0v) is 8.99. The molecule has 1 aliphatic heterocycles. The van der Waals surface area contributed by atoms with E-state index in [0.29, 0.717) is 11.3 Å². The molecule has 0 aromatic heterocycles. The van der Waals surface area contributed by atoms with E-state index in [1.807, 2.05) is 0 Å². The minimum absolute atomic E-state index is 0.0159. The fourth-order valence-electron chi connectivity index (χ4n) is 1.37. The molecule has 0 saturated heterocycles. The number of nitro groups is 1. The second-order valence-electron chi connectivity index (χ2n) is 3.42. The molecule has 92 valence electrons. The van der Waals surface area contributed by atoms with Gasteiger partial charge in [0.2, 0.25) is 5.76 Å². The van der Waals surface area contributed by atoms with E-state index < -0.39 is 10.9 Å². The highest BCUT2D eigenvalue weighted by Gasteiger charge is 2.15. The van der Waals surface area contributed by atoms with Crippen molar-refractivity contribution < 1.29 is 19.7 Å². The number of hydroxylamine groups is 1. The van der Waals surface area contributed by atoms with Crippen LogP contribution in [0.4, 0.5) is 5.69 Å². The second kappa shape index (κ2) is 4.58. The monoisotopic (exact) mass is 248 g/mol. The third-order valence-electron chi connectivity index (χ3n) is 2.27. The first kappa shape index (κ1) is 11.6. The van der Waals surface area contributed by atoms with E-state index in [1.165, 1.54) is 24.3 Å². The predicted molar refractivity (Wildman–Crippen MR) is 61.0 cm³/mol. The maximum Gasteiger partial charge on any atom is 0.374 e. The summed E-state index contributed by atoms with van der Waals surface area (Å²) in [6.45, 7) is 0. The topological polar surface area (TPSA) is 102 Å². The minimum Gasteiger partial charge on any atom is -0.475 e. The molecular weight excluding hydrogens is 240 g/mol. The van der Waals surface area contributed by atoms with Crippen LogP contribution in [0.2, 0.25) is 0 Å². The van der Waals surface area contributed by atoms with E-state index in [4.69, 9.17) is 9.94 Å². The Morgan fingerprint density at radius 3 is 2.39 bits per heavy atom. The Balaban J connectivity index is 2.23. The van der Waals surface area contributed by atoms with Gasteiger partial charge in [-0.2, -0.15) is 0 Å². The van der Waals surface area contributed by atoms with Crippen molar-refractivity contribution in [3.63, 3.8) is 0 Å². The molecule has 2 rings (SSSR count). The van der Waals surface area contributed by atoms with E-state index in [9.17, 15) is 14.9 Å². The van der Waals surface area contributed by atoms with Gasteiger partial charge in [0, 0.05) is 17.7 Å². The van der Waals surface area contributed by atoms with Crippen molar-refractivity contribution in [3.8, 4) is 0 Å². The third-order valence-corrected chi connectivity index (χ3v) is 2.27. The third kappa shape index (κ3) is 2.29. The molecule has 0 fully saturated rings. The number of carboxylic acids is 1. The van der Waals surface area contributed by atoms with E-state index >= 15 is 0 Å². The Hall–Kier alpha value is -2.83. The van der Waals surface area contributed by atoms with Crippen molar-refractivity contribution in [2.75, 3.05) is 0 Å². The number of non-ortho nitro benzene ring substituents is 1. The summed E-state index contributed by atoms with van der Waals surface area (Å²) < 4.78 is 0. The molecule has 0 atom stereocenters. The number of aliphatic carboxylic acids is 1. The van der Waals surface area contributed by atoms with Crippen LogP contribution < -0.4 is 5.48 Å². The number of nitrogens with zero attached hydrogens (tertiary/aromatic N) is 1. The molecule has 2 N–H and O–H groups in total. The normalized spacial score (nSPS) is 13.8. The van der Waals surface area contributed by atoms with Gasteiger partial charge in [0.25, 0.3) is 5.69 Å². The Morgan fingerprint density at radius 2 is 1.94 bits per heavy atom. The number of benzene rings is 1. The highest BCUT2D eigenvalue weighted by molar-refractivity contribution is 5.86. The molecule has 0 aliphatic carbocycles. The fraction of sp³-hybridized carbons (Fsp3) is 0. The van der Waals surface area contributed by atoms with Gasteiger partial charge in [0.05, 0.1) is 10.6 Å². The first-order valence-corrected chi connectivity index (χ1v) is 4.91.